The van der Waals surface area contributed by atoms with Crippen molar-refractivity contribution < 1.29 is 4.39 Å². The fraction of sp³-hybridized carbons (Fsp3) is 0.500. The van der Waals surface area contributed by atoms with E-state index < -0.39 is 0 Å². The van der Waals surface area contributed by atoms with Crippen molar-refractivity contribution in [3.8, 4) is 0 Å². The minimum absolute atomic E-state index is 0. The maximum atomic E-state index is 13.9. The van der Waals surface area contributed by atoms with Crippen molar-refractivity contribution in [1.29, 1.82) is 0 Å². The highest BCUT2D eigenvalue weighted by atomic mass is 127. The van der Waals surface area contributed by atoms with Crippen molar-refractivity contribution in [3.63, 3.8) is 0 Å². The van der Waals surface area contributed by atoms with E-state index in [2.05, 4.69) is 27.5 Å². The summed E-state index contributed by atoms with van der Waals surface area (Å²) in [5, 5.41) is 7.74. The molecule has 2 rings (SSSR count). The number of nitrogens with zero attached hydrogens (tertiary/aromatic N) is 3. The van der Waals surface area contributed by atoms with Gasteiger partial charge < -0.3 is 15.5 Å². The van der Waals surface area contributed by atoms with E-state index in [4.69, 9.17) is 0 Å². The van der Waals surface area contributed by atoms with Crippen LogP contribution >= 0.6 is 35.3 Å². The van der Waals surface area contributed by atoms with Gasteiger partial charge in [-0.2, -0.15) is 0 Å². The molecule has 1 aromatic carbocycles. The first-order valence-corrected chi connectivity index (χ1v) is 10.1. The third kappa shape index (κ3) is 8.00. The van der Waals surface area contributed by atoms with Crippen LogP contribution in [-0.2, 0) is 19.5 Å². The normalized spacial score (nSPS) is 11.5. The van der Waals surface area contributed by atoms with Gasteiger partial charge in [0, 0.05) is 36.5 Å². The molecular formula is C20H31FIN5S. The number of aromatic nitrogens is 1. The maximum absolute atomic E-state index is 13.9. The molecule has 0 radical (unpaired) electrons. The van der Waals surface area contributed by atoms with Gasteiger partial charge in [0.25, 0.3) is 0 Å². The van der Waals surface area contributed by atoms with E-state index in [0.29, 0.717) is 18.7 Å². The number of thiazole rings is 1. The first-order chi connectivity index (χ1) is 12.9. The molecule has 0 spiro atoms. The van der Waals surface area contributed by atoms with Crippen LogP contribution in [0.3, 0.4) is 0 Å². The monoisotopic (exact) mass is 519 g/mol. The number of benzene rings is 1. The third-order valence-electron chi connectivity index (χ3n) is 4.06. The molecule has 0 amide bonds. The molecule has 8 heteroatoms. The summed E-state index contributed by atoms with van der Waals surface area (Å²) in [7, 11) is 3.87. The maximum Gasteiger partial charge on any atom is 0.191 e. The van der Waals surface area contributed by atoms with Crippen molar-refractivity contribution in [2.24, 2.45) is 4.99 Å². The van der Waals surface area contributed by atoms with Crippen molar-refractivity contribution in [2.75, 3.05) is 27.2 Å². The van der Waals surface area contributed by atoms with Crippen LogP contribution in [0.25, 0.3) is 0 Å². The summed E-state index contributed by atoms with van der Waals surface area (Å²) < 4.78 is 13.9. The Morgan fingerprint density at radius 2 is 2.00 bits per heavy atom. The van der Waals surface area contributed by atoms with Crippen LogP contribution in [0.5, 0.6) is 0 Å². The number of hydrogen-bond acceptors (Lipinski definition) is 4. The van der Waals surface area contributed by atoms with Gasteiger partial charge >= 0.3 is 0 Å². The number of guanidine groups is 1. The van der Waals surface area contributed by atoms with Crippen LogP contribution in [0.1, 0.15) is 33.6 Å². The molecule has 0 aliphatic carbocycles. The molecule has 156 valence electrons. The molecule has 0 aliphatic heterocycles. The van der Waals surface area contributed by atoms with E-state index >= 15 is 0 Å². The predicted octanol–water partition coefficient (Wildman–Crippen LogP) is 3.88. The van der Waals surface area contributed by atoms with E-state index in [1.54, 1.807) is 17.4 Å². The lowest BCUT2D eigenvalue weighted by atomic mass is 10.1. The summed E-state index contributed by atoms with van der Waals surface area (Å²) in [5.74, 6) is 0.594. The summed E-state index contributed by atoms with van der Waals surface area (Å²) in [4.78, 5) is 12.4. The van der Waals surface area contributed by atoms with Crippen LogP contribution < -0.4 is 10.6 Å². The second-order valence-electron chi connectivity index (χ2n) is 6.78. The lowest BCUT2D eigenvalue weighted by Crippen LogP contribution is -2.38. The summed E-state index contributed by atoms with van der Waals surface area (Å²) in [6, 6.07) is 5.21. The summed E-state index contributed by atoms with van der Waals surface area (Å²) in [5.41, 5.74) is 2.80. The zero-order valence-electron chi connectivity index (χ0n) is 17.3. The Kier molecular flexibility index (Phi) is 10.9. The molecule has 2 N–H and O–H groups in total. The molecule has 0 fully saturated rings. The Balaban J connectivity index is 0.00000392. The molecular weight excluding hydrogens is 488 g/mol. The number of hydrogen-bond donors (Lipinski definition) is 2. The zero-order chi connectivity index (χ0) is 19.8. The van der Waals surface area contributed by atoms with Crippen LogP contribution in [0.15, 0.2) is 23.2 Å². The zero-order valence-corrected chi connectivity index (χ0v) is 20.5. The smallest absolute Gasteiger partial charge is 0.191 e. The largest absolute Gasteiger partial charge is 0.357 e. The van der Waals surface area contributed by atoms with Gasteiger partial charge in [-0.15, -0.1) is 35.3 Å². The fourth-order valence-corrected chi connectivity index (χ4v) is 3.57. The van der Waals surface area contributed by atoms with Gasteiger partial charge in [-0.1, -0.05) is 6.07 Å². The van der Waals surface area contributed by atoms with Crippen LogP contribution in [0.2, 0.25) is 0 Å². The highest BCUT2D eigenvalue weighted by molar-refractivity contribution is 14.0. The van der Waals surface area contributed by atoms with Gasteiger partial charge in [0.15, 0.2) is 5.96 Å². The third-order valence-corrected chi connectivity index (χ3v) is 5.20. The average Bonchev–Trinajstić information content (AvgIpc) is 2.92. The van der Waals surface area contributed by atoms with Gasteiger partial charge in [0.05, 0.1) is 17.2 Å². The van der Waals surface area contributed by atoms with E-state index in [1.165, 1.54) is 10.9 Å². The molecule has 0 saturated heterocycles. The second kappa shape index (κ2) is 12.3. The van der Waals surface area contributed by atoms with Crippen molar-refractivity contribution in [2.45, 2.75) is 40.3 Å². The Bertz CT molecular complexity index is 756. The standard InChI is InChI=1S/C20H30FN5S.HI/c1-6-22-20(23-10-9-19-25-14(2)15(3)27-19)24-12-16-7-8-18(21)17(11-16)13-26(4)5;/h7-8,11H,6,9-10,12-13H2,1-5H3,(H2,22,23,24);1H. The molecule has 5 nitrogen and oxygen atoms in total. The van der Waals surface area contributed by atoms with E-state index in [0.717, 1.165) is 41.7 Å². The van der Waals surface area contributed by atoms with Gasteiger partial charge in [0.2, 0.25) is 0 Å². The summed E-state index contributed by atoms with van der Waals surface area (Å²) >= 11 is 1.75. The van der Waals surface area contributed by atoms with Gasteiger partial charge in [-0.3, -0.25) is 0 Å². The highest BCUT2D eigenvalue weighted by Gasteiger charge is 2.06. The van der Waals surface area contributed by atoms with Crippen LogP contribution in [0.4, 0.5) is 4.39 Å². The minimum Gasteiger partial charge on any atom is -0.357 e. The fourth-order valence-electron chi connectivity index (χ4n) is 2.63. The number of rotatable bonds is 8. The molecule has 28 heavy (non-hydrogen) atoms. The van der Waals surface area contributed by atoms with Crippen molar-refractivity contribution in [3.05, 3.63) is 50.7 Å². The molecule has 1 aromatic heterocycles. The topological polar surface area (TPSA) is 52.6 Å². The van der Waals surface area contributed by atoms with Crippen LogP contribution in [0, 0.1) is 19.7 Å². The quantitative estimate of drug-likeness (QED) is 0.316. The van der Waals surface area contributed by atoms with Crippen LogP contribution in [-0.4, -0.2) is 43.0 Å². The minimum atomic E-state index is -0.171. The average molecular weight is 519 g/mol. The number of aliphatic imine (C=N–C) groups is 1. The highest BCUT2D eigenvalue weighted by Crippen LogP contribution is 2.16. The van der Waals surface area contributed by atoms with Gasteiger partial charge in [-0.05, 0) is 52.6 Å². The number of nitrogens with one attached hydrogen (secondary N) is 2. The summed E-state index contributed by atoms with van der Waals surface area (Å²) in [6.07, 6.45) is 0.868. The lowest BCUT2D eigenvalue weighted by Gasteiger charge is -2.13. The molecule has 0 atom stereocenters. The first kappa shape index (κ1) is 24.8. The van der Waals surface area contributed by atoms with Gasteiger partial charge in [-0.25, -0.2) is 14.4 Å². The van der Waals surface area contributed by atoms with Crippen molar-refractivity contribution in [1.82, 2.24) is 20.5 Å². The Morgan fingerprint density at radius 1 is 1.25 bits per heavy atom. The van der Waals surface area contributed by atoms with E-state index in [-0.39, 0.29) is 29.8 Å². The molecule has 0 unspecified atom stereocenters. The van der Waals surface area contributed by atoms with E-state index in [1.807, 2.05) is 38.9 Å². The SMILES string of the molecule is CCNC(=NCc1ccc(F)c(CN(C)C)c1)NCCc1nc(C)c(C)s1.I. The molecule has 2 aromatic rings. The molecule has 0 saturated carbocycles. The molecule has 0 aliphatic rings. The first-order valence-electron chi connectivity index (χ1n) is 9.26. The Hall–Kier alpha value is -1.26. The Labute approximate surface area is 188 Å². The number of aryl methyl sites for hydroxylation is 2. The molecule has 1 heterocycles. The number of halogens is 2. The predicted molar refractivity (Wildman–Crippen MR) is 127 cm³/mol. The lowest BCUT2D eigenvalue weighted by molar-refractivity contribution is 0.392. The summed E-state index contributed by atoms with van der Waals surface area (Å²) in [6.45, 7) is 8.83. The second-order valence-corrected chi connectivity index (χ2v) is 8.07. The van der Waals surface area contributed by atoms with E-state index in [9.17, 15) is 4.39 Å². The van der Waals surface area contributed by atoms with Crippen molar-refractivity contribution >= 4 is 41.3 Å². The Morgan fingerprint density at radius 3 is 2.61 bits per heavy atom. The van der Waals surface area contributed by atoms with Gasteiger partial charge in [0.1, 0.15) is 5.82 Å². The molecule has 0 bridgehead atoms.